The van der Waals surface area contributed by atoms with Gasteiger partial charge in [0.1, 0.15) is 22.9 Å². The first-order valence-corrected chi connectivity index (χ1v) is 21.5. The summed E-state index contributed by atoms with van der Waals surface area (Å²) in [7, 11) is 1.70. The second-order valence-electron chi connectivity index (χ2n) is 14.9. The minimum Gasteiger partial charge on any atom is -0.497 e. The summed E-state index contributed by atoms with van der Waals surface area (Å²) in [5, 5.41) is 12.0. The van der Waals surface area contributed by atoms with Gasteiger partial charge in [0.15, 0.2) is 0 Å². The third kappa shape index (κ3) is 11.0. The van der Waals surface area contributed by atoms with Gasteiger partial charge in [-0.3, -0.25) is 9.36 Å². The van der Waals surface area contributed by atoms with Gasteiger partial charge in [0.05, 0.1) is 52.2 Å². The van der Waals surface area contributed by atoms with E-state index in [0.29, 0.717) is 22.7 Å². The van der Waals surface area contributed by atoms with E-state index in [4.69, 9.17) is 23.3 Å². The van der Waals surface area contributed by atoms with E-state index in [2.05, 4.69) is 48.7 Å². The first kappa shape index (κ1) is 45.3. The number of aromatic nitrogens is 2. The topological polar surface area (TPSA) is 137 Å². The Hall–Kier alpha value is -6.19. The molecule has 0 fully saturated rings. The van der Waals surface area contributed by atoms with Crippen molar-refractivity contribution in [1.82, 2.24) is 14.2 Å². The van der Waals surface area contributed by atoms with Crippen LogP contribution in [0.25, 0.3) is 5.69 Å². The molecule has 6 rings (SSSR count). The Morgan fingerprint density at radius 1 is 0.758 bits per heavy atom. The summed E-state index contributed by atoms with van der Waals surface area (Å²) in [6, 6.07) is 44.1. The van der Waals surface area contributed by atoms with Crippen molar-refractivity contribution < 1.29 is 28.1 Å². The Morgan fingerprint density at radius 3 is 1.84 bits per heavy atom. The van der Waals surface area contributed by atoms with Crippen molar-refractivity contribution in [2.45, 2.75) is 65.0 Å². The molecule has 1 aromatic heterocycles. The molecule has 0 radical (unpaired) electrons. The van der Waals surface area contributed by atoms with Gasteiger partial charge < -0.3 is 28.6 Å². The SMILES string of the molecule is COc1ccc(C(OCc2cc(COP(OCCC#N)N(C(C)C)C(C)C)cc(-n3ccc(NC(=O)c4ccccc4)nc3=O)c2)(c2ccccc2)c2ccc(OC)cc2)cc1. The molecule has 1 unspecified atom stereocenters. The maximum Gasteiger partial charge on any atom is 0.354 e. The van der Waals surface area contributed by atoms with Crippen molar-refractivity contribution in [3.8, 4) is 23.3 Å². The monoisotopic (exact) mass is 853 g/mol. The number of nitrogens with one attached hydrogen (secondary N) is 1. The molecule has 0 aliphatic carbocycles. The van der Waals surface area contributed by atoms with E-state index in [9.17, 15) is 14.9 Å². The molecule has 320 valence electrons. The van der Waals surface area contributed by atoms with Crippen LogP contribution in [0.5, 0.6) is 11.5 Å². The fourth-order valence-electron chi connectivity index (χ4n) is 7.21. The third-order valence-electron chi connectivity index (χ3n) is 10.0. The fourth-order valence-corrected chi connectivity index (χ4v) is 8.81. The average molecular weight is 854 g/mol. The highest BCUT2D eigenvalue weighted by molar-refractivity contribution is 7.44. The molecule has 0 aliphatic heterocycles. The Bertz CT molecular complexity index is 2420. The zero-order chi connectivity index (χ0) is 44.1. The van der Waals surface area contributed by atoms with Crippen LogP contribution < -0.4 is 20.5 Å². The molecule has 0 saturated heterocycles. The molecular formula is C49H52N5O7P. The number of amides is 1. The Labute approximate surface area is 364 Å². The lowest BCUT2D eigenvalue weighted by Crippen LogP contribution is -2.33. The van der Waals surface area contributed by atoms with Gasteiger partial charge >= 0.3 is 5.69 Å². The van der Waals surface area contributed by atoms with Crippen molar-refractivity contribution in [3.05, 3.63) is 184 Å². The highest BCUT2D eigenvalue weighted by Crippen LogP contribution is 2.47. The molecule has 5 aromatic carbocycles. The predicted molar refractivity (Wildman–Crippen MR) is 241 cm³/mol. The Kier molecular flexibility index (Phi) is 15.8. The van der Waals surface area contributed by atoms with Gasteiger partial charge in [0, 0.05) is 23.8 Å². The molecular weight excluding hydrogens is 802 g/mol. The highest BCUT2D eigenvalue weighted by atomic mass is 31.2. The number of carbonyl (C=O) groups is 1. The lowest BCUT2D eigenvalue weighted by molar-refractivity contribution is 0.000142. The van der Waals surface area contributed by atoms with Crippen LogP contribution in [0.2, 0.25) is 0 Å². The van der Waals surface area contributed by atoms with Gasteiger partial charge in [-0.05, 0) is 110 Å². The van der Waals surface area contributed by atoms with E-state index in [1.165, 1.54) is 4.57 Å². The number of benzene rings is 5. The molecule has 0 aliphatic rings. The summed E-state index contributed by atoms with van der Waals surface area (Å²) < 4.78 is 34.7. The van der Waals surface area contributed by atoms with Crippen LogP contribution in [0, 0.1) is 11.3 Å². The second-order valence-corrected chi connectivity index (χ2v) is 16.4. The van der Waals surface area contributed by atoms with Gasteiger partial charge in [0.25, 0.3) is 14.4 Å². The molecule has 12 nitrogen and oxygen atoms in total. The van der Waals surface area contributed by atoms with Crippen molar-refractivity contribution >= 4 is 20.3 Å². The lowest BCUT2D eigenvalue weighted by atomic mass is 9.80. The van der Waals surface area contributed by atoms with Gasteiger partial charge in [-0.2, -0.15) is 10.2 Å². The molecule has 1 heterocycles. The van der Waals surface area contributed by atoms with Crippen LogP contribution in [0.4, 0.5) is 5.82 Å². The number of hydrogen-bond acceptors (Lipinski definition) is 10. The fraction of sp³-hybridized carbons (Fsp3) is 0.265. The summed E-state index contributed by atoms with van der Waals surface area (Å²) >= 11 is 0. The van der Waals surface area contributed by atoms with E-state index in [-0.39, 0.29) is 50.1 Å². The zero-order valence-electron chi connectivity index (χ0n) is 35.9. The molecule has 1 amide bonds. The molecule has 6 aromatic rings. The van der Waals surface area contributed by atoms with Gasteiger partial charge in [-0.15, -0.1) is 0 Å². The number of nitrogens with zero attached hydrogens (tertiary/aromatic N) is 4. The minimum absolute atomic E-state index is 0.0960. The molecule has 0 bridgehead atoms. The average Bonchev–Trinajstić information content (AvgIpc) is 3.29. The van der Waals surface area contributed by atoms with Crippen molar-refractivity contribution in [2.24, 2.45) is 0 Å². The largest absolute Gasteiger partial charge is 0.497 e. The quantitative estimate of drug-likeness (QED) is 0.0449. The summed E-state index contributed by atoms with van der Waals surface area (Å²) in [5.74, 6) is 1.15. The zero-order valence-corrected chi connectivity index (χ0v) is 36.8. The van der Waals surface area contributed by atoms with Crippen LogP contribution >= 0.6 is 8.53 Å². The summed E-state index contributed by atoms with van der Waals surface area (Å²) in [6.45, 7) is 8.78. The van der Waals surface area contributed by atoms with Crippen LogP contribution in [-0.2, 0) is 32.6 Å². The van der Waals surface area contributed by atoms with Gasteiger partial charge in [-0.1, -0.05) is 78.9 Å². The number of rotatable bonds is 20. The van der Waals surface area contributed by atoms with E-state index < -0.39 is 19.8 Å². The molecule has 0 spiro atoms. The number of hydrogen-bond donors (Lipinski definition) is 1. The highest BCUT2D eigenvalue weighted by Gasteiger charge is 2.38. The van der Waals surface area contributed by atoms with E-state index >= 15 is 0 Å². The molecule has 0 saturated carbocycles. The summed E-state index contributed by atoms with van der Waals surface area (Å²) in [5.41, 5.74) is 3.37. The number of ether oxygens (including phenoxy) is 3. The van der Waals surface area contributed by atoms with E-state index in [0.717, 1.165) is 27.8 Å². The molecule has 62 heavy (non-hydrogen) atoms. The maximum absolute atomic E-state index is 13.8. The number of methoxy groups -OCH3 is 2. The van der Waals surface area contributed by atoms with Gasteiger partial charge in [-0.25, -0.2) is 9.46 Å². The predicted octanol–water partition coefficient (Wildman–Crippen LogP) is 9.80. The molecule has 1 N–H and O–H groups in total. The van der Waals surface area contributed by atoms with Crippen LogP contribution in [0.3, 0.4) is 0 Å². The number of carbonyl (C=O) groups excluding carboxylic acids is 1. The summed E-state index contributed by atoms with van der Waals surface area (Å²) in [6.07, 6.45) is 1.81. The van der Waals surface area contributed by atoms with E-state index in [1.54, 1.807) is 50.7 Å². The Balaban J connectivity index is 1.43. The van der Waals surface area contributed by atoms with Crippen molar-refractivity contribution in [2.75, 3.05) is 26.1 Å². The third-order valence-corrected chi connectivity index (χ3v) is 12.1. The second kappa shape index (κ2) is 21.6. The van der Waals surface area contributed by atoms with Crippen molar-refractivity contribution in [3.63, 3.8) is 0 Å². The normalized spacial score (nSPS) is 12.0. The first-order chi connectivity index (χ1) is 30.1. The van der Waals surface area contributed by atoms with Crippen molar-refractivity contribution in [1.29, 1.82) is 5.26 Å². The molecule has 1 atom stereocenters. The number of nitriles is 1. The Morgan fingerprint density at radius 2 is 1.31 bits per heavy atom. The lowest BCUT2D eigenvalue weighted by Gasteiger charge is -2.36. The van der Waals surface area contributed by atoms with Crippen LogP contribution in [-0.4, -0.2) is 53.0 Å². The maximum atomic E-state index is 13.8. The number of anilines is 1. The minimum atomic E-state index is -1.57. The summed E-state index contributed by atoms with van der Waals surface area (Å²) in [4.78, 5) is 30.9. The van der Waals surface area contributed by atoms with Crippen LogP contribution in [0.1, 0.15) is 72.3 Å². The first-order valence-electron chi connectivity index (χ1n) is 20.3. The van der Waals surface area contributed by atoms with Gasteiger partial charge in [0.2, 0.25) is 0 Å². The van der Waals surface area contributed by atoms with Crippen LogP contribution in [0.15, 0.2) is 144 Å². The standard InChI is InChI=1S/C49H52N5O7P/c1-35(2)54(36(3)4)62(60-29-13-27-50)61-34-38-30-37(31-43(32-38)53-28-26-46(52-48(53)56)51-47(55)39-14-9-7-10-15-39)33-59-49(40-16-11-8-12-17-40,41-18-22-44(57-5)23-19-41)42-20-24-45(58-6)25-21-42/h7-12,14-26,28,30-32,35-36H,13,29,33-34H2,1-6H3,(H,51,52,55,56). The molecule has 13 heteroatoms. The van der Waals surface area contributed by atoms with E-state index in [1.807, 2.05) is 103 Å². The smallest absolute Gasteiger partial charge is 0.354 e.